The average Bonchev–Trinajstić information content (AvgIpc) is 1.54. The van der Waals surface area contributed by atoms with E-state index in [1.165, 1.54) is 0 Å². The maximum absolute atomic E-state index is 9.63. The van der Waals surface area contributed by atoms with Gasteiger partial charge in [0.1, 0.15) is 0 Å². The van der Waals surface area contributed by atoms with Crippen molar-refractivity contribution in [2.75, 3.05) is 9.80 Å². The topological polar surface area (TPSA) is 6.48 Å². The standard InChI is InChI=1S/C82H58N2/c1-3-57-37-43-62(44-38-57)81(60-23-9-5-10-24-60)76-35-21-19-32-71(76)73-51-49-67(55-78(73)81)83(64-27-13-7-14-28-64)66-47-41-59(42-48-66)69-53-54-80(75-34-18-17-31-70(69)75)84(65-29-15-8-16-30-65)68-50-52-74-72-33-20-22-36-77(72)82(79(74)56-68,61-25-11-6-12-26-61)63-45-39-58(4-2)40-46-63/h3-56H,1-2H2/i7D,8D,13D,14D,15D,16D,27D,28D,29D,30D. The van der Waals surface area contributed by atoms with Crippen molar-refractivity contribution in [2.45, 2.75) is 10.8 Å². The quantitative estimate of drug-likeness (QED) is 0.114. The fourth-order valence-electron chi connectivity index (χ4n) is 13.5. The molecule has 13 aromatic rings. The lowest BCUT2D eigenvalue weighted by Crippen LogP contribution is -2.28. The van der Waals surface area contributed by atoms with Crippen LogP contribution in [0.4, 0.5) is 34.1 Å². The minimum atomic E-state index is -0.845. The van der Waals surface area contributed by atoms with Crippen molar-refractivity contribution in [3.63, 3.8) is 0 Å². The molecule has 0 saturated carbocycles. The van der Waals surface area contributed by atoms with Crippen LogP contribution < -0.4 is 9.80 Å². The first-order valence-electron chi connectivity index (χ1n) is 33.1. The summed E-state index contributed by atoms with van der Waals surface area (Å²) in [5, 5.41) is 1.54. The summed E-state index contributed by atoms with van der Waals surface area (Å²) in [7, 11) is 0. The number of para-hydroxylation sites is 2. The Balaban J connectivity index is 0.914. The Bertz CT molecular complexity index is 5190. The van der Waals surface area contributed by atoms with Crippen LogP contribution in [0.5, 0.6) is 0 Å². The third-order valence-corrected chi connectivity index (χ3v) is 17.1. The Hall–Kier alpha value is -10.8. The van der Waals surface area contributed by atoms with Gasteiger partial charge < -0.3 is 9.80 Å². The van der Waals surface area contributed by atoms with Crippen molar-refractivity contribution < 1.29 is 13.7 Å². The minimum absolute atomic E-state index is 0.0144. The van der Waals surface area contributed by atoms with E-state index < -0.39 is 47.1 Å². The Morgan fingerprint density at radius 3 is 1.19 bits per heavy atom. The summed E-state index contributed by atoms with van der Waals surface area (Å²) in [5.74, 6) is 0. The Morgan fingerprint density at radius 2 is 0.690 bits per heavy atom. The van der Waals surface area contributed by atoms with Crippen LogP contribution in [-0.4, -0.2) is 0 Å². The van der Waals surface area contributed by atoms with Gasteiger partial charge in [0, 0.05) is 33.8 Å². The second-order valence-corrected chi connectivity index (χ2v) is 21.3. The molecule has 0 spiro atoms. The molecule has 13 aromatic carbocycles. The Morgan fingerprint density at radius 1 is 0.298 bits per heavy atom. The molecule has 0 aliphatic heterocycles. The fourth-order valence-corrected chi connectivity index (χ4v) is 13.5. The van der Waals surface area contributed by atoms with Crippen molar-refractivity contribution in [1.82, 2.24) is 0 Å². The highest BCUT2D eigenvalue weighted by molar-refractivity contribution is 6.07. The van der Waals surface area contributed by atoms with E-state index in [2.05, 4.69) is 147 Å². The lowest BCUT2D eigenvalue weighted by molar-refractivity contribution is 0.768. The summed E-state index contributed by atoms with van der Waals surface area (Å²) < 4.78 is 91.8. The van der Waals surface area contributed by atoms with E-state index in [9.17, 15) is 5.48 Å². The van der Waals surface area contributed by atoms with Gasteiger partial charge in [-0.25, -0.2) is 0 Å². The largest absolute Gasteiger partial charge is 0.310 e. The molecule has 2 aliphatic rings. The summed E-state index contributed by atoms with van der Waals surface area (Å²) in [6.07, 6.45) is 3.65. The number of fused-ring (bicyclic) bond motifs is 7. The minimum Gasteiger partial charge on any atom is -0.310 e. The fraction of sp³-hybridized carbons (Fsp3) is 0.0244. The van der Waals surface area contributed by atoms with Crippen LogP contribution >= 0.6 is 0 Å². The van der Waals surface area contributed by atoms with Crippen LogP contribution in [0.25, 0.3) is 56.3 Å². The van der Waals surface area contributed by atoms with Gasteiger partial charge >= 0.3 is 0 Å². The zero-order valence-electron chi connectivity index (χ0n) is 55.7. The zero-order valence-corrected chi connectivity index (χ0v) is 45.7. The van der Waals surface area contributed by atoms with Crippen LogP contribution in [0, 0.1) is 0 Å². The first-order chi connectivity index (χ1) is 45.7. The first kappa shape index (κ1) is 40.4. The van der Waals surface area contributed by atoms with E-state index in [4.69, 9.17) is 8.22 Å². The Labute approximate surface area is 506 Å². The molecule has 84 heavy (non-hydrogen) atoms. The third kappa shape index (κ3) is 7.87. The predicted molar refractivity (Wildman–Crippen MR) is 354 cm³/mol. The molecule has 396 valence electrons. The molecule has 0 radical (unpaired) electrons. The van der Waals surface area contributed by atoms with Gasteiger partial charge in [-0.1, -0.05) is 274 Å². The number of rotatable bonds is 13. The van der Waals surface area contributed by atoms with Gasteiger partial charge in [-0.15, -0.1) is 0 Å². The highest BCUT2D eigenvalue weighted by Gasteiger charge is 2.48. The van der Waals surface area contributed by atoms with Gasteiger partial charge in [0.25, 0.3) is 0 Å². The van der Waals surface area contributed by atoms with Crippen molar-refractivity contribution >= 4 is 57.0 Å². The molecule has 0 N–H and O–H groups in total. The van der Waals surface area contributed by atoms with Gasteiger partial charge in [0.15, 0.2) is 0 Å². The van der Waals surface area contributed by atoms with Crippen LogP contribution in [0.1, 0.15) is 69.3 Å². The van der Waals surface area contributed by atoms with Crippen LogP contribution in [0.2, 0.25) is 0 Å². The zero-order chi connectivity index (χ0) is 64.9. The predicted octanol–water partition coefficient (Wildman–Crippen LogP) is 21.5. The maximum Gasteiger partial charge on any atom is 0.0714 e. The van der Waals surface area contributed by atoms with E-state index in [0.29, 0.717) is 22.7 Å². The second-order valence-electron chi connectivity index (χ2n) is 21.3. The highest BCUT2D eigenvalue weighted by atomic mass is 15.1. The first-order valence-corrected chi connectivity index (χ1v) is 28.1. The number of anilines is 6. The third-order valence-electron chi connectivity index (χ3n) is 17.1. The highest BCUT2D eigenvalue weighted by Crippen LogP contribution is 2.59. The molecule has 0 aromatic heterocycles. The van der Waals surface area contributed by atoms with Crippen LogP contribution in [0.3, 0.4) is 0 Å². The van der Waals surface area contributed by atoms with E-state index in [1.807, 2.05) is 138 Å². The molecule has 0 heterocycles. The maximum atomic E-state index is 9.63. The molecule has 0 saturated heterocycles. The van der Waals surface area contributed by atoms with E-state index >= 15 is 0 Å². The number of hydrogen-bond donors (Lipinski definition) is 0. The van der Waals surface area contributed by atoms with Crippen LogP contribution in [0.15, 0.2) is 328 Å². The number of nitrogens with zero attached hydrogens (tertiary/aromatic N) is 2. The van der Waals surface area contributed by atoms with Gasteiger partial charge in [0.05, 0.1) is 30.2 Å². The molecule has 0 bridgehead atoms. The van der Waals surface area contributed by atoms with Crippen molar-refractivity contribution in [1.29, 1.82) is 0 Å². The van der Waals surface area contributed by atoms with Crippen molar-refractivity contribution in [2.24, 2.45) is 0 Å². The lowest BCUT2D eigenvalue weighted by Gasteiger charge is -2.35. The van der Waals surface area contributed by atoms with Crippen molar-refractivity contribution in [3.8, 4) is 33.4 Å². The van der Waals surface area contributed by atoms with Crippen LogP contribution in [-0.2, 0) is 10.8 Å². The SMILES string of the molecule is [2H]c1c([2H])c([2H])c(N(c2ccc(-c3ccc(N(c4ccc5c(c4)C(c4ccccc4)(c4ccc(C=C)cc4)c4ccccc4-5)c4c([2H])c([2H])c([2H])c([2H])c4[2H])c4ccccc34)cc2)c2ccc3c(c2)C(c2ccccc2)(c2ccc(C=C)cc2)c2ccccc2-3)c([2H])c1[2H]. The average molecular weight is 1080 g/mol. The second kappa shape index (κ2) is 20.6. The van der Waals surface area contributed by atoms with Gasteiger partial charge in [-0.2, -0.15) is 0 Å². The molecule has 0 amide bonds. The van der Waals surface area contributed by atoms with E-state index in [-0.39, 0.29) is 35.5 Å². The molecule has 2 heteroatoms. The van der Waals surface area contributed by atoms with Gasteiger partial charge in [-0.05, 0) is 161 Å². The normalized spacial score (nSPS) is 17.0. The number of benzene rings is 13. The summed E-state index contributed by atoms with van der Waals surface area (Å²) in [6, 6.07) is 82.1. The summed E-state index contributed by atoms with van der Waals surface area (Å²) >= 11 is 0. The molecular formula is C82H58N2. The van der Waals surface area contributed by atoms with Gasteiger partial charge in [-0.3, -0.25) is 0 Å². The molecule has 2 unspecified atom stereocenters. The molecule has 0 fully saturated rings. The molecule has 2 aliphatic carbocycles. The molecular weight excluding hydrogens is 1010 g/mol. The summed E-state index contributed by atoms with van der Waals surface area (Å²) in [6.45, 7) is 8.08. The Kier molecular flexibility index (Phi) is 9.92. The molecule has 15 rings (SSSR count). The molecule has 2 nitrogen and oxygen atoms in total. The number of hydrogen-bond acceptors (Lipinski definition) is 2. The van der Waals surface area contributed by atoms with Crippen molar-refractivity contribution in [3.05, 3.63) is 384 Å². The smallest absolute Gasteiger partial charge is 0.0714 e. The summed E-state index contributed by atoms with van der Waals surface area (Å²) in [5.41, 5.74) is 16.4. The van der Waals surface area contributed by atoms with Gasteiger partial charge in [0.2, 0.25) is 0 Å². The monoisotopic (exact) mass is 1080 g/mol. The lowest BCUT2D eigenvalue weighted by atomic mass is 9.67. The van der Waals surface area contributed by atoms with E-state index in [0.717, 1.165) is 99.8 Å². The summed E-state index contributed by atoms with van der Waals surface area (Å²) in [4.78, 5) is 3.58. The van der Waals surface area contributed by atoms with E-state index in [1.54, 1.807) is 4.90 Å². The molecule has 2 atom stereocenters.